The average molecular weight is 233 g/mol. The van der Waals surface area contributed by atoms with Crippen LogP contribution in [0.25, 0.3) is 0 Å². The van der Waals surface area contributed by atoms with Crippen LogP contribution in [0.3, 0.4) is 0 Å². The van der Waals surface area contributed by atoms with Gasteiger partial charge in [-0.15, -0.1) is 12.6 Å². The lowest BCUT2D eigenvalue weighted by molar-refractivity contribution is -0.137. The van der Waals surface area contributed by atoms with Crippen molar-refractivity contribution in [2.75, 3.05) is 7.11 Å². The molecule has 0 heterocycles. The van der Waals surface area contributed by atoms with Crippen LogP contribution < -0.4 is 4.74 Å². The summed E-state index contributed by atoms with van der Waals surface area (Å²) in [5.74, 6) is -0.0651. The van der Waals surface area contributed by atoms with E-state index in [1.807, 2.05) is 0 Å². The minimum atomic E-state index is -4.50. The van der Waals surface area contributed by atoms with Crippen molar-refractivity contribution in [2.45, 2.75) is 11.1 Å². The highest BCUT2D eigenvalue weighted by molar-refractivity contribution is 7.80. The first-order chi connectivity index (χ1) is 6.90. The van der Waals surface area contributed by atoms with Crippen LogP contribution in [-0.2, 0) is 6.18 Å². The van der Waals surface area contributed by atoms with E-state index in [2.05, 4.69) is 12.6 Å². The number of thiol groups is 1. The summed E-state index contributed by atoms with van der Waals surface area (Å²) < 4.78 is 41.8. The van der Waals surface area contributed by atoms with E-state index in [0.29, 0.717) is 0 Å². The number of benzene rings is 1. The van der Waals surface area contributed by atoms with Gasteiger partial charge in [-0.1, -0.05) is 0 Å². The zero-order valence-corrected chi connectivity index (χ0v) is 8.49. The zero-order valence-electron chi connectivity index (χ0n) is 7.59. The summed E-state index contributed by atoms with van der Waals surface area (Å²) in [5, 5.41) is 8.61. The van der Waals surface area contributed by atoms with E-state index >= 15 is 0 Å². The Morgan fingerprint density at radius 2 is 2.00 bits per heavy atom. The molecule has 0 saturated heterocycles. The van der Waals surface area contributed by atoms with Crippen molar-refractivity contribution in [3.63, 3.8) is 0 Å². The van der Waals surface area contributed by atoms with E-state index in [4.69, 9.17) is 10.00 Å². The van der Waals surface area contributed by atoms with Gasteiger partial charge in [0, 0.05) is 0 Å². The Morgan fingerprint density at radius 3 is 2.40 bits per heavy atom. The molecule has 1 aromatic rings. The maximum Gasteiger partial charge on any atom is 0.416 e. The van der Waals surface area contributed by atoms with Gasteiger partial charge in [0.1, 0.15) is 11.8 Å². The summed E-state index contributed by atoms with van der Waals surface area (Å²) in [5.41, 5.74) is -1.08. The van der Waals surface area contributed by atoms with Gasteiger partial charge in [-0.3, -0.25) is 0 Å². The second-order valence-corrected chi connectivity index (χ2v) is 3.13. The molecule has 0 spiro atoms. The average Bonchev–Trinajstić information content (AvgIpc) is 2.16. The molecule has 2 nitrogen and oxygen atoms in total. The van der Waals surface area contributed by atoms with Gasteiger partial charge in [-0.2, -0.15) is 18.4 Å². The molecule has 0 amide bonds. The monoisotopic (exact) mass is 233 g/mol. The van der Waals surface area contributed by atoms with Gasteiger partial charge in [0.25, 0.3) is 0 Å². The fraction of sp³-hybridized carbons (Fsp3) is 0.222. The minimum absolute atomic E-state index is 0.0651. The molecule has 0 N–H and O–H groups in total. The molecule has 6 heteroatoms. The zero-order chi connectivity index (χ0) is 11.6. The van der Waals surface area contributed by atoms with Crippen LogP contribution >= 0.6 is 12.6 Å². The lowest BCUT2D eigenvalue weighted by atomic mass is 10.1. The first kappa shape index (κ1) is 11.7. The molecule has 0 radical (unpaired) electrons. The molecule has 0 aliphatic heterocycles. The smallest absolute Gasteiger partial charge is 0.416 e. The van der Waals surface area contributed by atoms with Gasteiger partial charge in [0.05, 0.1) is 23.1 Å². The number of hydrogen-bond donors (Lipinski definition) is 1. The van der Waals surface area contributed by atoms with Crippen molar-refractivity contribution in [3.05, 3.63) is 23.3 Å². The van der Waals surface area contributed by atoms with E-state index in [1.54, 1.807) is 6.07 Å². The molecule has 0 aliphatic carbocycles. The van der Waals surface area contributed by atoms with E-state index in [0.717, 1.165) is 12.1 Å². The number of ether oxygens (including phenoxy) is 1. The topological polar surface area (TPSA) is 33.0 Å². The summed E-state index contributed by atoms with van der Waals surface area (Å²) in [6, 6.07) is 3.18. The van der Waals surface area contributed by atoms with E-state index in [9.17, 15) is 13.2 Å². The molecule has 15 heavy (non-hydrogen) atoms. The van der Waals surface area contributed by atoms with Crippen molar-refractivity contribution in [2.24, 2.45) is 0 Å². The Morgan fingerprint density at radius 1 is 1.40 bits per heavy atom. The molecular formula is C9H6F3NOS. The van der Waals surface area contributed by atoms with E-state index in [1.165, 1.54) is 7.11 Å². The first-order valence-electron chi connectivity index (χ1n) is 3.78. The summed E-state index contributed by atoms with van der Waals surface area (Å²) in [7, 11) is 1.22. The Hall–Kier alpha value is -1.35. The third-order valence-corrected chi connectivity index (χ3v) is 2.20. The molecule has 0 aromatic heterocycles. The largest absolute Gasteiger partial charge is 0.496 e. The van der Waals surface area contributed by atoms with Crippen LogP contribution in [-0.4, -0.2) is 7.11 Å². The Bertz CT molecular complexity index is 423. The second-order valence-electron chi connectivity index (χ2n) is 2.68. The highest BCUT2D eigenvalue weighted by Gasteiger charge is 2.32. The van der Waals surface area contributed by atoms with Crippen LogP contribution in [0.4, 0.5) is 13.2 Å². The second kappa shape index (κ2) is 4.03. The van der Waals surface area contributed by atoms with Crippen molar-refractivity contribution in [1.29, 1.82) is 5.26 Å². The maximum atomic E-state index is 12.4. The van der Waals surface area contributed by atoms with Gasteiger partial charge < -0.3 is 4.74 Å². The molecule has 0 saturated carbocycles. The fourth-order valence-corrected chi connectivity index (χ4v) is 1.28. The van der Waals surface area contributed by atoms with Crippen LogP contribution in [0.1, 0.15) is 11.1 Å². The Balaban J connectivity index is 3.42. The van der Waals surface area contributed by atoms with Crippen LogP contribution in [0.2, 0.25) is 0 Å². The predicted molar refractivity (Wildman–Crippen MR) is 50.0 cm³/mol. The molecular weight excluding hydrogens is 227 g/mol. The van der Waals surface area contributed by atoms with Crippen molar-refractivity contribution in [3.8, 4) is 11.8 Å². The molecule has 0 bridgehead atoms. The highest BCUT2D eigenvalue weighted by atomic mass is 32.1. The highest BCUT2D eigenvalue weighted by Crippen LogP contribution is 2.36. The Labute approximate surface area is 89.7 Å². The molecule has 0 fully saturated rings. The number of hydrogen-bond acceptors (Lipinski definition) is 3. The standard InChI is InChI=1S/C9H6F3NOS/c1-14-7-3-6(9(10,11)12)2-5(4-13)8(7)15/h2-3,15H,1H3. The first-order valence-corrected chi connectivity index (χ1v) is 4.23. The van der Waals surface area contributed by atoms with Gasteiger partial charge in [-0.05, 0) is 12.1 Å². The van der Waals surface area contributed by atoms with Crippen molar-refractivity contribution < 1.29 is 17.9 Å². The quantitative estimate of drug-likeness (QED) is 0.756. The lowest BCUT2D eigenvalue weighted by Crippen LogP contribution is -2.06. The predicted octanol–water partition coefficient (Wildman–Crippen LogP) is 2.87. The number of nitriles is 1. The van der Waals surface area contributed by atoms with Crippen molar-refractivity contribution >= 4 is 12.6 Å². The van der Waals surface area contributed by atoms with Crippen LogP contribution in [0.15, 0.2) is 17.0 Å². The van der Waals surface area contributed by atoms with E-state index in [-0.39, 0.29) is 16.2 Å². The molecule has 1 aromatic carbocycles. The number of methoxy groups -OCH3 is 1. The summed E-state index contributed by atoms with van der Waals surface area (Å²) in [6.07, 6.45) is -4.50. The fourth-order valence-electron chi connectivity index (χ4n) is 1.01. The van der Waals surface area contributed by atoms with Crippen LogP contribution in [0, 0.1) is 11.3 Å². The normalized spacial score (nSPS) is 10.9. The third kappa shape index (κ3) is 2.36. The number of nitrogens with zero attached hydrogens (tertiary/aromatic N) is 1. The van der Waals surface area contributed by atoms with Crippen molar-refractivity contribution in [1.82, 2.24) is 0 Å². The molecule has 0 atom stereocenters. The molecule has 80 valence electrons. The summed E-state index contributed by atoms with van der Waals surface area (Å²) >= 11 is 3.90. The van der Waals surface area contributed by atoms with E-state index < -0.39 is 11.7 Å². The Kier molecular flexibility index (Phi) is 3.15. The minimum Gasteiger partial charge on any atom is -0.496 e. The van der Waals surface area contributed by atoms with Gasteiger partial charge >= 0.3 is 6.18 Å². The third-order valence-electron chi connectivity index (χ3n) is 1.74. The number of halogens is 3. The van der Waals surface area contributed by atoms with Gasteiger partial charge in [-0.25, -0.2) is 0 Å². The molecule has 0 unspecified atom stereocenters. The van der Waals surface area contributed by atoms with Crippen LogP contribution in [0.5, 0.6) is 5.75 Å². The van der Waals surface area contributed by atoms with Gasteiger partial charge in [0.2, 0.25) is 0 Å². The SMILES string of the molecule is COc1cc(C(F)(F)F)cc(C#N)c1S. The lowest BCUT2D eigenvalue weighted by Gasteiger charge is -2.11. The number of alkyl halides is 3. The summed E-state index contributed by atoms with van der Waals surface area (Å²) in [6.45, 7) is 0. The summed E-state index contributed by atoms with van der Waals surface area (Å²) in [4.78, 5) is 0.105. The number of rotatable bonds is 1. The van der Waals surface area contributed by atoms with Gasteiger partial charge in [0.15, 0.2) is 0 Å². The molecule has 0 aliphatic rings. The maximum absolute atomic E-state index is 12.4. The molecule has 1 rings (SSSR count).